The molecule has 1 fully saturated rings. The maximum Gasteiger partial charge on any atom is 0.271 e. The van der Waals surface area contributed by atoms with E-state index in [1.807, 2.05) is 42.7 Å². The molecule has 1 saturated heterocycles. The molecule has 1 aliphatic heterocycles. The van der Waals surface area contributed by atoms with Crippen LogP contribution in [0.3, 0.4) is 0 Å². The van der Waals surface area contributed by atoms with Gasteiger partial charge in [0.25, 0.3) is 5.69 Å². The predicted octanol–water partition coefficient (Wildman–Crippen LogP) is 5.72. The Morgan fingerprint density at radius 3 is 2.51 bits per heavy atom. The summed E-state index contributed by atoms with van der Waals surface area (Å²) in [6, 6.07) is 17.8. The van der Waals surface area contributed by atoms with Crippen LogP contribution in [0, 0.1) is 29.8 Å². The van der Waals surface area contributed by atoms with Gasteiger partial charge in [0.15, 0.2) is 5.11 Å². The number of anilines is 1. The van der Waals surface area contributed by atoms with E-state index in [0.717, 1.165) is 22.6 Å². The van der Waals surface area contributed by atoms with Gasteiger partial charge in [-0.15, -0.1) is 0 Å². The number of aromatic nitrogens is 2. The highest BCUT2D eigenvalue weighted by Gasteiger charge is 2.43. The number of nitro groups is 1. The molecule has 3 heterocycles. The Hall–Kier alpha value is -4.31. The molecule has 0 saturated carbocycles. The molecule has 4 aromatic rings. The first-order valence-corrected chi connectivity index (χ1v) is 12.0. The van der Waals surface area contributed by atoms with Gasteiger partial charge in [0, 0.05) is 29.7 Å². The minimum Gasteiger partial charge on any atom is -0.495 e. The van der Waals surface area contributed by atoms with Crippen molar-refractivity contribution in [1.29, 1.82) is 0 Å². The van der Waals surface area contributed by atoms with E-state index in [9.17, 15) is 10.1 Å². The van der Waals surface area contributed by atoms with Crippen molar-refractivity contribution < 1.29 is 14.1 Å². The standard InChI is InChI=1S/C27H24FN5O3S/c1-16-14-19(17(2)31(16)23-15-18(33(34)35)11-12-24(23)36-3)26-25(21-9-6-7-13-29-21)30-27(37)32(26)22-10-5-4-8-20(22)28/h4-15,25-26H,1-3H3,(H,30,37)/t25-,26+/m1/s1. The van der Waals surface area contributed by atoms with Crippen LogP contribution in [0.1, 0.15) is 34.7 Å². The van der Waals surface area contributed by atoms with Gasteiger partial charge in [-0.3, -0.25) is 15.1 Å². The van der Waals surface area contributed by atoms with E-state index in [1.54, 1.807) is 35.4 Å². The number of para-hydroxylation sites is 1. The lowest BCUT2D eigenvalue weighted by Crippen LogP contribution is -2.30. The number of pyridine rings is 1. The average Bonchev–Trinajstić information content (AvgIpc) is 3.39. The Bertz CT molecular complexity index is 1510. The molecule has 37 heavy (non-hydrogen) atoms. The molecule has 0 aliphatic carbocycles. The molecule has 1 N–H and O–H groups in total. The number of hydrogen-bond donors (Lipinski definition) is 1. The van der Waals surface area contributed by atoms with Crippen molar-refractivity contribution in [1.82, 2.24) is 14.9 Å². The second kappa shape index (κ2) is 9.62. The molecule has 0 radical (unpaired) electrons. The van der Waals surface area contributed by atoms with Crippen LogP contribution < -0.4 is 15.0 Å². The maximum absolute atomic E-state index is 15.1. The smallest absolute Gasteiger partial charge is 0.271 e. The molecule has 5 rings (SSSR count). The molecular weight excluding hydrogens is 493 g/mol. The summed E-state index contributed by atoms with van der Waals surface area (Å²) in [6.45, 7) is 3.84. The van der Waals surface area contributed by atoms with Gasteiger partial charge in [0.1, 0.15) is 11.6 Å². The van der Waals surface area contributed by atoms with Crippen molar-refractivity contribution in [3.05, 3.63) is 112 Å². The summed E-state index contributed by atoms with van der Waals surface area (Å²) in [6.07, 6.45) is 1.71. The number of nitrogens with one attached hydrogen (secondary N) is 1. The maximum atomic E-state index is 15.1. The number of benzene rings is 2. The number of methoxy groups -OCH3 is 1. The van der Waals surface area contributed by atoms with Crippen LogP contribution in [0.25, 0.3) is 5.69 Å². The van der Waals surface area contributed by atoms with Crippen LogP contribution >= 0.6 is 12.2 Å². The topological polar surface area (TPSA) is 85.5 Å². The molecular formula is C27H24FN5O3S. The van der Waals surface area contributed by atoms with Crippen molar-refractivity contribution in [3.8, 4) is 11.4 Å². The van der Waals surface area contributed by atoms with Gasteiger partial charge in [-0.2, -0.15) is 0 Å². The second-order valence-corrected chi connectivity index (χ2v) is 9.11. The Morgan fingerprint density at radius 1 is 1.08 bits per heavy atom. The van der Waals surface area contributed by atoms with Crippen molar-refractivity contribution in [3.63, 3.8) is 0 Å². The number of aryl methyl sites for hydroxylation is 1. The van der Waals surface area contributed by atoms with Gasteiger partial charge < -0.3 is 19.5 Å². The first-order chi connectivity index (χ1) is 17.8. The Morgan fingerprint density at radius 2 is 1.84 bits per heavy atom. The van der Waals surface area contributed by atoms with Crippen LogP contribution in [-0.4, -0.2) is 26.7 Å². The van der Waals surface area contributed by atoms with Crippen LogP contribution in [0.4, 0.5) is 15.8 Å². The van der Waals surface area contributed by atoms with Crippen LogP contribution in [0.15, 0.2) is 72.9 Å². The highest BCUT2D eigenvalue weighted by molar-refractivity contribution is 7.80. The molecule has 2 atom stereocenters. The van der Waals surface area contributed by atoms with Gasteiger partial charge in [-0.1, -0.05) is 18.2 Å². The number of rotatable bonds is 6. The van der Waals surface area contributed by atoms with E-state index in [-0.39, 0.29) is 11.7 Å². The predicted molar refractivity (Wildman–Crippen MR) is 143 cm³/mol. The fourth-order valence-corrected chi connectivity index (χ4v) is 5.34. The molecule has 0 bridgehead atoms. The normalized spacial score (nSPS) is 17.1. The number of nitro benzene ring substituents is 1. The van der Waals surface area contributed by atoms with E-state index in [4.69, 9.17) is 17.0 Å². The molecule has 8 nitrogen and oxygen atoms in total. The third kappa shape index (κ3) is 4.19. The average molecular weight is 518 g/mol. The molecule has 0 spiro atoms. The van der Waals surface area contributed by atoms with Crippen LogP contribution in [0.5, 0.6) is 5.75 Å². The number of hydrogen-bond acceptors (Lipinski definition) is 5. The fraction of sp³-hybridized carbons (Fsp3) is 0.185. The summed E-state index contributed by atoms with van der Waals surface area (Å²) >= 11 is 5.72. The quantitative estimate of drug-likeness (QED) is 0.199. The number of nitrogens with zero attached hydrogens (tertiary/aromatic N) is 4. The summed E-state index contributed by atoms with van der Waals surface area (Å²) < 4.78 is 22.5. The summed E-state index contributed by atoms with van der Waals surface area (Å²) in [5.74, 6) is 0.0961. The van der Waals surface area contributed by atoms with Gasteiger partial charge >= 0.3 is 0 Å². The SMILES string of the molecule is COc1ccc([N+](=O)[O-])cc1-n1c(C)cc([C@H]2[C@@H](c3ccccn3)NC(=S)N2c2ccccc2F)c1C. The lowest BCUT2D eigenvalue weighted by Gasteiger charge is -2.28. The Labute approximate surface area is 218 Å². The van der Waals surface area contributed by atoms with Gasteiger partial charge in [-0.25, -0.2) is 4.39 Å². The molecule has 188 valence electrons. The summed E-state index contributed by atoms with van der Waals surface area (Å²) in [5.41, 5.74) is 4.11. The van der Waals surface area contributed by atoms with E-state index in [1.165, 1.54) is 25.3 Å². The zero-order chi connectivity index (χ0) is 26.3. The minimum absolute atomic E-state index is 0.0482. The van der Waals surface area contributed by atoms with E-state index >= 15 is 4.39 Å². The molecule has 10 heteroatoms. The largest absolute Gasteiger partial charge is 0.495 e. The van der Waals surface area contributed by atoms with Crippen molar-refractivity contribution in [2.45, 2.75) is 25.9 Å². The number of halogens is 1. The van der Waals surface area contributed by atoms with E-state index in [2.05, 4.69) is 10.3 Å². The van der Waals surface area contributed by atoms with Gasteiger partial charge in [0.05, 0.1) is 41.2 Å². The summed E-state index contributed by atoms with van der Waals surface area (Å²) in [4.78, 5) is 17.4. The number of non-ortho nitro benzene ring substituents is 1. The second-order valence-electron chi connectivity index (χ2n) is 8.72. The monoisotopic (exact) mass is 517 g/mol. The van der Waals surface area contributed by atoms with Crippen molar-refractivity contribution in [2.24, 2.45) is 0 Å². The van der Waals surface area contributed by atoms with E-state index < -0.39 is 16.8 Å². The zero-order valence-electron chi connectivity index (χ0n) is 20.4. The number of ether oxygens (including phenoxy) is 1. The minimum atomic E-state index is -0.441. The molecule has 1 aliphatic rings. The lowest BCUT2D eigenvalue weighted by atomic mass is 9.96. The summed E-state index contributed by atoms with van der Waals surface area (Å²) in [5, 5.41) is 15.2. The zero-order valence-corrected chi connectivity index (χ0v) is 21.2. The van der Waals surface area contributed by atoms with Crippen LogP contribution in [0.2, 0.25) is 0 Å². The molecule has 2 aromatic heterocycles. The van der Waals surface area contributed by atoms with Crippen molar-refractivity contribution >= 4 is 28.7 Å². The van der Waals surface area contributed by atoms with E-state index in [0.29, 0.717) is 22.2 Å². The first kappa shape index (κ1) is 24.4. The molecule has 0 amide bonds. The van der Waals surface area contributed by atoms with Crippen LogP contribution in [-0.2, 0) is 0 Å². The highest BCUT2D eigenvalue weighted by atomic mass is 32.1. The van der Waals surface area contributed by atoms with Gasteiger partial charge in [-0.05, 0) is 68.0 Å². The molecule has 2 aromatic carbocycles. The third-order valence-electron chi connectivity index (χ3n) is 6.61. The Balaban J connectivity index is 1.72. The first-order valence-electron chi connectivity index (χ1n) is 11.6. The highest BCUT2D eigenvalue weighted by Crippen LogP contribution is 2.45. The fourth-order valence-electron chi connectivity index (χ4n) is 5.00. The Kier molecular flexibility index (Phi) is 6.34. The summed E-state index contributed by atoms with van der Waals surface area (Å²) in [7, 11) is 1.52. The molecule has 0 unspecified atom stereocenters. The van der Waals surface area contributed by atoms with Gasteiger partial charge in [0.2, 0.25) is 0 Å². The third-order valence-corrected chi connectivity index (χ3v) is 6.93. The number of thiocarbonyl (C=S) groups is 1. The lowest BCUT2D eigenvalue weighted by molar-refractivity contribution is -0.384. The van der Waals surface area contributed by atoms with Crippen molar-refractivity contribution in [2.75, 3.05) is 12.0 Å².